The van der Waals surface area contributed by atoms with Crippen LogP contribution in [-0.2, 0) is 0 Å². The van der Waals surface area contributed by atoms with Crippen LogP contribution in [0.3, 0.4) is 0 Å². The van der Waals surface area contributed by atoms with Gasteiger partial charge in [0.1, 0.15) is 0 Å². The van der Waals surface area contributed by atoms with Crippen molar-refractivity contribution < 1.29 is 0 Å². The van der Waals surface area contributed by atoms with Gasteiger partial charge >= 0.3 is 0 Å². The van der Waals surface area contributed by atoms with Gasteiger partial charge in [-0.25, -0.2) is 5.10 Å². The van der Waals surface area contributed by atoms with Crippen molar-refractivity contribution in [3.8, 4) is 11.4 Å². The second-order valence-electron chi connectivity index (χ2n) is 4.82. The lowest BCUT2D eigenvalue weighted by molar-refractivity contribution is 0.596. The van der Waals surface area contributed by atoms with Crippen LogP contribution >= 0.6 is 23.5 Å². The van der Waals surface area contributed by atoms with Gasteiger partial charge in [-0.05, 0) is 0 Å². The maximum absolute atomic E-state index is 5.55. The van der Waals surface area contributed by atoms with Crippen molar-refractivity contribution in [2.24, 2.45) is 0 Å². The molecule has 0 radical (unpaired) electrons. The number of nitrogens with two attached hydrogens (primary N) is 1. The van der Waals surface area contributed by atoms with Crippen molar-refractivity contribution in [3.05, 3.63) is 30.3 Å². The molecular weight excluding hydrogens is 318 g/mol. The Morgan fingerprint density at radius 2 is 2.18 bits per heavy atom. The second-order valence-corrected chi connectivity index (χ2v) is 6.80. The summed E-state index contributed by atoms with van der Waals surface area (Å²) in [6.07, 6.45) is 0. The van der Waals surface area contributed by atoms with Crippen LogP contribution in [0.25, 0.3) is 11.4 Å². The van der Waals surface area contributed by atoms with Crippen molar-refractivity contribution in [1.29, 1.82) is 0 Å². The number of nitrogens with one attached hydrogen (secondary N) is 1. The monoisotopic (exact) mass is 331 g/mol. The van der Waals surface area contributed by atoms with Crippen molar-refractivity contribution in [2.75, 3.05) is 17.2 Å². The largest absolute Gasteiger partial charge is 0.368 e. The van der Waals surface area contributed by atoms with Crippen molar-refractivity contribution >= 4 is 29.5 Å². The molecule has 112 valence electrons. The van der Waals surface area contributed by atoms with Gasteiger partial charge in [-0.3, -0.25) is 4.57 Å². The van der Waals surface area contributed by atoms with E-state index in [2.05, 4.69) is 42.1 Å². The Bertz CT molecular complexity index is 783. The summed E-state index contributed by atoms with van der Waals surface area (Å²) in [5.41, 5.74) is 6.63. The van der Waals surface area contributed by atoms with Gasteiger partial charge in [-0.1, -0.05) is 53.9 Å². The zero-order valence-electron chi connectivity index (χ0n) is 11.5. The van der Waals surface area contributed by atoms with Crippen molar-refractivity contribution in [2.45, 2.75) is 16.4 Å². The molecule has 2 aromatic heterocycles. The van der Waals surface area contributed by atoms with E-state index in [1.807, 2.05) is 18.2 Å². The van der Waals surface area contributed by atoms with E-state index >= 15 is 0 Å². The number of hydrogen-bond donors (Lipinski definition) is 2. The van der Waals surface area contributed by atoms with Gasteiger partial charge in [-0.15, -0.1) is 15.3 Å². The molecule has 0 unspecified atom stereocenters. The molecule has 0 saturated carbocycles. The smallest absolute Gasteiger partial charge is 0.216 e. The zero-order chi connectivity index (χ0) is 14.9. The van der Waals surface area contributed by atoms with Crippen LogP contribution in [0.5, 0.6) is 0 Å². The van der Waals surface area contributed by atoms with E-state index in [4.69, 9.17) is 5.73 Å². The molecule has 3 heterocycles. The van der Waals surface area contributed by atoms with Gasteiger partial charge in [0, 0.05) is 17.1 Å². The molecule has 1 aliphatic rings. The van der Waals surface area contributed by atoms with Crippen LogP contribution < -0.4 is 5.73 Å². The summed E-state index contributed by atoms with van der Waals surface area (Å²) in [6, 6.07) is 10.5. The first-order valence-corrected chi connectivity index (χ1v) is 8.72. The Labute approximate surface area is 135 Å². The van der Waals surface area contributed by atoms with E-state index in [0.717, 1.165) is 28.0 Å². The fourth-order valence-corrected chi connectivity index (χ4v) is 4.46. The van der Waals surface area contributed by atoms with Gasteiger partial charge < -0.3 is 5.73 Å². The molecule has 9 heteroatoms. The molecule has 1 atom stereocenters. The molecule has 0 amide bonds. The Morgan fingerprint density at radius 1 is 1.32 bits per heavy atom. The van der Waals surface area contributed by atoms with Crippen LogP contribution in [0, 0.1) is 0 Å². The Morgan fingerprint density at radius 3 is 2.95 bits per heavy atom. The molecule has 1 aromatic carbocycles. The lowest BCUT2D eigenvalue weighted by atomic mass is 10.2. The van der Waals surface area contributed by atoms with E-state index in [1.165, 1.54) is 0 Å². The van der Waals surface area contributed by atoms with Crippen LogP contribution in [0.4, 0.5) is 5.95 Å². The Hall–Kier alpha value is -2.00. The summed E-state index contributed by atoms with van der Waals surface area (Å²) in [5, 5.41) is 17.0. The molecule has 0 aliphatic carbocycles. The number of aromatic nitrogens is 6. The van der Waals surface area contributed by atoms with E-state index in [0.29, 0.717) is 17.1 Å². The summed E-state index contributed by atoms with van der Waals surface area (Å²) in [5.74, 6) is 3.10. The third-order valence-corrected chi connectivity index (χ3v) is 5.43. The van der Waals surface area contributed by atoms with Gasteiger partial charge in [0.15, 0.2) is 11.0 Å². The first-order chi connectivity index (χ1) is 10.8. The molecule has 3 N–H and O–H groups in total. The van der Waals surface area contributed by atoms with Gasteiger partial charge in [0.2, 0.25) is 11.1 Å². The zero-order valence-corrected chi connectivity index (χ0v) is 13.1. The highest BCUT2D eigenvalue weighted by Gasteiger charge is 2.28. The average Bonchev–Trinajstić information content (AvgIpc) is 3.23. The first-order valence-electron chi connectivity index (χ1n) is 6.75. The molecular formula is C13H13N7S2. The lowest BCUT2D eigenvalue weighted by Gasteiger charge is -2.13. The van der Waals surface area contributed by atoms with Crippen LogP contribution in [0.1, 0.15) is 6.04 Å². The topological polar surface area (TPSA) is 98.3 Å². The molecule has 0 spiro atoms. The standard InChI is InChI=1S/C13H13N7S2/c14-11-15-12(18-17-11)21-6-9-7-22-13-19-16-10(20(9)13)8-4-2-1-3-5-8/h1-5,9H,6-7H2,(H3,14,15,17,18)/t9-/m1/s1. The average molecular weight is 331 g/mol. The number of thioether (sulfide) groups is 2. The minimum absolute atomic E-state index is 0.315. The SMILES string of the molecule is Nc1nc(SC[C@@H]2CSc3nnc(-c4ccccc4)n32)n[nH]1. The molecule has 0 fully saturated rings. The second kappa shape index (κ2) is 5.65. The molecule has 22 heavy (non-hydrogen) atoms. The van der Waals surface area contributed by atoms with E-state index in [-0.39, 0.29) is 0 Å². The lowest BCUT2D eigenvalue weighted by Crippen LogP contribution is -2.11. The number of nitrogen functional groups attached to an aromatic ring is 1. The Kier molecular flexibility index (Phi) is 3.51. The first kappa shape index (κ1) is 13.6. The summed E-state index contributed by atoms with van der Waals surface area (Å²) in [4.78, 5) is 4.12. The van der Waals surface area contributed by atoms with Gasteiger partial charge in [0.05, 0.1) is 6.04 Å². The summed E-state index contributed by atoms with van der Waals surface area (Å²) in [7, 11) is 0. The quantitative estimate of drug-likeness (QED) is 0.706. The minimum Gasteiger partial charge on any atom is -0.368 e. The number of fused-ring (bicyclic) bond motifs is 1. The number of benzene rings is 1. The van der Waals surface area contributed by atoms with Crippen LogP contribution in [0.15, 0.2) is 40.6 Å². The number of nitrogens with zero attached hydrogens (tertiary/aromatic N) is 5. The van der Waals surface area contributed by atoms with Crippen molar-refractivity contribution in [1.82, 2.24) is 29.9 Å². The highest BCUT2D eigenvalue weighted by atomic mass is 32.2. The Balaban J connectivity index is 1.58. The fraction of sp³-hybridized carbons (Fsp3) is 0.231. The third-order valence-electron chi connectivity index (χ3n) is 3.35. The van der Waals surface area contributed by atoms with Crippen LogP contribution in [0.2, 0.25) is 0 Å². The number of anilines is 1. The maximum Gasteiger partial charge on any atom is 0.216 e. The third kappa shape index (κ3) is 2.46. The molecule has 0 saturated heterocycles. The predicted molar refractivity (Wildman–Crippen MR) is 86.7 cm³/mol. The highest BCUT2D eigenvalue weighted by Crippen LogP contribution is 2.38. The minimum atomic E-state index is 0.315. The highest BCUT2D eigenvalue weighted by molar-refractivity contribution is 8.00. The molecule has 4 rings (SSSR count). The fourth-order valence-electron chi connectivity index (χ4n) is 2.35. The normalized spacial score (nSPS) is 16.8. The maximum atomic E-state index is 5.55. The number of hydrogen-bond acceptors (Lipinski definition) is 7. The summed E-state index contributed by atoms with van der Waals surface area (Å²) in [6.45, 7) is 0. The molecule has 1 aliphatic heterocycles. The van der Waals surface area contributed by atoms with Crippen molar-refractivity contribution in [3.63, 3.8) is 0 Å². The number of rotatable bonds is 4. The summed E-state index contributed by atoms with van der Waals surface area (Å²) < 4.78 is 2.21. The molecule has 3 aromatic rings. The number of aromatic amines is 1. The van der Waals surface area contributed by atoms with E-state index in [1.54, 1.807) is 23.5 Å². The predicted octanol–water partition coefficient (Wildman–Crippen LogP) is 2.08. The summed E-state index contributed by atoms with van der Waals surface area (Å²) >= 11 is 3.32. The number of H-pyrrole nitrogens is 1. The van der Waals surface area contributed by atoms with E-state index in [9.17, 15) is 0 Å². The van der Waals surface area contributed by atoms with Gasteiger partial charge in [-0.2, -0.15) is 4.98 Å². The van der Waals surface area contributed by atoms with Gasteiger partial charge in [0.25, 0.3) is 0 Å². The van der Waals surface area contributed by atoms with E-state index < -0.39 is 0 Å². The van der Waals surface area contributed by atoms with Crippen LogP contribution in [-0.4, -0.2) is 41.5 Å². The molecule has 7 nitrogen and oxygen atoms in total. The molecule has 0 bridgehead atoms.